The largest absolute Gasteiger partial charge is 0.255 e. The maximum Gasteiger partial charge on any atom is 0.101 e. The number of benzene rings is 1. The third-order valence-electron chi connectivity index (χ3n) is 2.10. The lowest BCUT2D eigenvalue weighted by Gasteiger charge is -2.03. The van der Waals surface area contributed by atoms with Gasteiger partial charge in [0.25, 0.3) is 0 Å². The molecule has 1 aromatic carbocycles. The molecule has 16 heavy (non-hydrogen) atoms. The number of hydrogen-bond acceptors (Lipinski definition) is 2. The Bertz CT molecular complexity index is 556. The van der Waals surface area contributed by atoms with Gasteiger partial charge in [-0.3, -0.25) is 4.98 Å². The Hall–Kier alpha value is -1.56. The van der Waals surface area contributed by atoms with E-state index in [0.717, 1.165) is 11.3 Å². The number of hydrogen-bond donors (Lipinski definition) is 0. The number of pyridine rings is 1. The highest BCUT2D eigenvalue weighted by Crippen LogP contribution is 2.28. The summed E-state index contributed by atoms with van der Waals surface area (Å²) in [6.45, 7) is 0. The van der Waals surface area contributed by atoms with Gasteiger partial charge in [0, 0.05) is 16.8 Å². The van der Waals surface area contributed by atoms with Crippen LogP contribution in [-0.2, 0) is 0 Å². The van der Waals surface area contributed by atoms with Crippen LogP contribution in [0.3, 0.4) is 0 Å². The van der Waals surface area contributed by atoms with Gasteiger partial charge in [0.1, 0.15) is 6.07 Å². The molecule has 1 heterocycles. The molecule has 0 aliphatic carbocycles. The lowest BCUT2D eigenvalue weighted by Crippen LogP contribution is -1.85. The minimum absolute atomic E-state index is 0.522. The van der Waals surface area contributed by atoms with E-state index in [2.05, 4.69) is 4.98 Å². The van der Waals surface area contributed by atoms with E-state index in [1.807, 2.05) is 6.07 Å². The first-order valence-corrected chi connectivity index (χ1v) is 5.28. The quantitative estimate of drug-likeness (QED) is 0.767. The van der Waals surface area contributed by atoms with Crippen LogP contribution in [0, 0.1) is 11.3 Å². The van der Waals surface area contributed by atoms with E-state index in [1.165, 1.54) is 6.20 Å². The fraction of sp³-hybridized carbons (Fsp3) is 0. The molecule has 2 nitrogen and oxygen atoms in total. The lowest BCUT2D eigenvalue weighted by molar-refractivity contribution is 1.30. The molecule has 0 fully saturated rings. The van der Waals surface area contributed by atoms with E-state index in [-0.39, 0.29) is 0 Å². The molecule has 0 aliphatic heterocycles. The molecule has 0 radical (unpaired) electrons. The summed E-state index contributed by atoms with van der Waals surface area (Å²) in [6, 6.07) is 10.7. The van der Waals surface area contributed by atoms with Crippen LogP contribution in [0.5, 0.6) is 0 Å². The van der Waals surface area contributed by atoms with E-state index < -0.39 is 0 Å². The van der Waals surface area contributed by atoms with Gasteiger partial charge in [-0.15, -0.1) is 0 Å². The second-order valence-corrected chi connectivity index (χ2v) is 4.01. The van der Waals surface area contributed by atoms with Crippen LogP contribution in [0.25, 0.3) is 11.3 Å². The normalized spacial score (nSPS) is 9.81. The fourth-order valence-electron chi connectivity index (χ4n) is 1.32. The highest BCUT2D eigenvalue weighted by Gasteiger charge is 2.05. The molecule has 78 valence electrons. The highest BCUT2D eigenvalue weighted by atomic mass is 35.5. The zero-order valence-corrected chi connectivity index (χ0v) is 9.63. The van der Waals surface area contributed by atoms with Crippen LogP contribution < -0.4 is 0 Å². The zero-order valence-electron chi connectivity index (χ0n) is 8.11. The number of nitriles is 1. The molecular formula is C12H6Cl2N2. The number of nitrogens with zero attached hydrogens (tertiary/aromatic N) is 2. The van der Waals surface area contributed by atoms with Crippen molar-refractivity contribution in [3.8, 4) is 17.3 Å². The molecule has 4 heteroatoms. The first-order chi connectivity index (χ1) is 7.70. The van der Waals surface area contributed by atoms with Gasteiger partial charge in [-0.2, -0.15) is 5.26 Å². The van der Waals surface area contributed by atoms with E-state index in [1.54, 1.807) is 30.3 Å². The summed E-state index contributed by atoms with van der Waals surface area (Å²) in [7, 11) is 0. The summed E-state index contributed by atoms with van der Waals surface area (Å²) < 4.78 is 0. The predicted octanol–water partition coefficient (Wildman–Crippen LogP) is 3.93. The molecular weight excluding hydrogens is 243 g/mol. The van der Waals surface area contributed by atoms with Crippen LogP contribution in [0.1, 0.15) is 5.56 Å². The van der Waals surface area contributed by atoms with Crippen molar-refractivity contribution in [2.75, 3.05) is 0 Å². The maximum atomic E-state index is 8.66. The summed E-state index contributed by atoms with van der Waals surface area (Å²) in [6.07, 6.45) is 1.51. The Labute approximate surface area is 103 Å². The van der Waals surface area contributed by atoms with Gasteiger partial charge in [-0.25, -0.2) is 0 Å². The third kappa shape index (κ3) is 2.16. The highest BCUT2D eigenvalue weighted by molar-refractivity contribution is 6.36. The number of aromatic nitrogens is 1. The van der Waals surface area contributed by atoms with Crippen molar-refractivity contribution in [1.29, 1.82) is 5.26 Å². The molecule has 0 aliphatic rings. The van der Waals surface area contributed by atoms with Gasteiger partial charge in [-0.1, -0.05) is 23.2 Å². The standard InChI is InChI=1S/C12H6Cl2N2/c13-9-2-3-10(11(14)5-9)12-4-1-8(6-15)7-16-12/h1-5,7H. The monoisotopic (exact) mass is 248 g/mol. The Morgan fingerprint density at radius 1 is 1.12 bits per heavy atom. The first-order valence-electron chi connectivity index (χ1n) is 4.52. The molecule has 2 rings (SSSR count). The third-order valence-corrected chi connectivity index (χ3v) is 2.65. The van der Waals surface area contributed by atoms with Crippen molar-refractivity contribution >= 4 is 23.2 Å². The van der Waals surface area contributed by atoms with Crippen molar-refractivity contribution < 1.29 is 0 Å². The Kier molecular flexibility index (Phi) is 3.09. The van der Waals surface area contributed by atoms with Gasteiger partial charge in [0.2, 0.25) is 0 Å². The van der Waals surface area contributed by atoms with Crippen LogP contribution in [0.2, 0.25) is 10.0 Å². The van der Waals surface area contributed by atoms with Crippen LogP contribution in [0.4, 0.5) is 0 Å². The van der Waals surface area contributed by atoms with Crippen molar-refractivity contribution in [1.82, 2.24) is 4.98 Å². The molecule has 0 saturated carbocycles. The average Bonchev–Trinajstić information content (AvgIpc) is 2.29. The Morgan fingerprint density at radius 2 is 1.94 bits per heavy atom. The minimum atomic E-state index is 0.522. The average molecular weight is 249 g/mol. The zero-order chi connectivity index (χ0) is 11.5. The van der Waals surface area contributed by atoms with Crippen molar-refractivity contribution in [2.24, 2.45) is 0 Å². The molecule has 0 saturated heterocycles. The SMILES string of the molecule is N#Cc1ccc(-c2ccc(Cl)cc2Cl)nc1. The molecule has 0 bridgehead atoms. The topological polar surface area (TPSA) is 36.7 Å². The molecule has 0 amide bonds. The van der Waals surface area contributed by atoms with Crippen molar-refractivity contribution in [3.05, 3.63) is 52.1 Å². The predicted molar refractivity (Wildman–Crippen MR) is 64.4 cm³/mol. The van der Waals surface area contributed by atoms with Gasteiger partial charge in [0.15, 0.2) is 0 Å². The van der Waals surface area contributed by atoms with Crippen molar-refractivity contribution in [2.45, 2.75) is 0 Å². The second kappa shape index (κ2) is 4.52. The van der Waals surface area contributed by atoms with Crippen LogP contribution in [0.15, 0.2) is 36.5 Å². The van der Waals surface area contributed by atoms with E-state index in [0.29, 0.717) is 15.6 Å². The van der Waals surface area contributed by atoms with E-state index in [4.69, 9.17) is 28.5 Å². The molecule has 1 aromatic heterocycles. The number of rotatable bonds is 1. The van der Waals surface area contributed by atoms with Crippen LogP contribution >= 0.6 is 23.2 Å². The number of halogens is 2. The smallest absolute Gasteiger partial charge is 0.101 e. The maximum absolute atomic E-state index is 8.66. The molecule has 0 N–H and O–H groups in total. The summed E-state index contributed by atoms with van der Waals surface area (Å²) in [5.41, 5.74) is 2.05. The Morgan fingerprint density at radius 3 is 2.50 bits per heavy atom. The van der Waals surface area contributed by atoms with Gasteiger partial charge >= 0.3 is 0 Å². The second-order valence-electron chi connectivity index (χ2n) is 3.17. The van der Waals surface area contributed by atoms with E-state index >= 15 is 0 Å². The Balaban J connectivity index is 2.47. The van der Waals surface area contributed by atoms with Gasteiger partial charge in [0.05, 0.1) is 16.3 Å². The first kappa shape index (κ1) is 10.9. The van der Waals surface area contributed by atoms with Gasteiger partial charge in [-0.05, 0) is 30.3 Å². The summed E-state index contributed by atoms with van der Waals surface area (Å²) >= 11 is 11.9. The lowest BCUT2D eigenvalue weighted by atomic mass is 10.1. The van der Waals surface area contributed by atoms with Gasteiger partial charge < -0.3 is 0 Å². The van der Waals surface area contributed by atoms with Crippen LogP contribution in [-0.4, -0.2) is 4.98 Å². The summed E-state index contributed by atoms with van der Waals surface area (Å²) in [4.78, 5) is 4.16. The van der Waals surface area contributed by atoms with Crippen molar-refractivity contribution in [3.63, 3.8) is 0 Å². The minimum Gasteiger partial charge on any atom is -0.255 e. The summed E-state index contributed by atoms with van der Waals surface area (Å²) in [5, 5.41) is 9.79. The summed E-state index contributed by atoms with van der Waals surface area (Å²) in [5.74, 6) is 0. The molecule has 0 spiro atoms. The molecule has 2 aromatic rings. The fourth-order valence-corrected chi connectivity index (χ4v) is 1.82. The molecule has 0 unspecified atom stereocenters. The molecule has 0 atom stereocenters. The van der Waals surface area contributed by atoms with E-state index in [9.17, 15) is 0 Å².